The number of carboxylic acids is 3. The van der Waals surface area contributed by atoms with Crippen molar-refractivity contribution in [1.29, 1.82) is 0 Å². The molecule has 48 heteroatoms. The van der Waals surface area contributed by atoms with Gasteiger partial charge in [-0.2, -0.15) is 11.8 Å². The maximum atomic E-state index is 14.6. The largest absolute Gasteiger partial charge is 0.508 e. The Balaban J connectivity index is 2.01. The zero-order valence-electron chi connectivity index (χ0n) is 66.1. The molecule has 0 unspecified atom stereocenters. The van der Waals surface area contributed by atoms with Crippen LogP contribution in [0.2, 0.25) is 0 Å². The third-order valence-electron chi connectivity index (χ3n) is 18.6. The van der Waals surface area contributed by atoms with Crippen molar-refractivity contribution in [2.24, 2.45) is 51.0 Å². The summed E-state index contributed by atoms with van der Waals surface area (Å²) in [4.78, 5) is 258. The highest BCUT2D eigenvalue weighted by molar-refractivity contribution is 7.98. The number of hydrogen-bond donors (Lipinski definition) is 26. The minimum Gasteiger partial charge on any atom is -0.508 e. The Hall–Kier alpha value is -11.9. The normalized spacial score (nSPS) is 15.9. The summed E-state index contributed by atoms with van der Waals surface area (Å²) in [6.07, 6.45) is -0.766. The number of rotatable bonds is 57. The van der Waals surface area contributed by atoms with Gasteiger partial charge in [-0.3, -0.25) is 86.5 Å². The average molecular weight is 1700 g/mol. The molecule has 47 nitrogen and oxygen atoms in total. The van der Waals surface area contributed by atoms with Gasteiger partial charge in [0.2, 0.25) is 88.6 Å². The number of primary amides is 2. The van der Waals surface area contributed by atoms with Crippen LogP contribution in [0.3, 0.4) is 0 Å². The maximum Gasteiger partial charge on any atom is 0.326 e. The number of carbonyl (C=O) groups is 18. The number of imidazole rings is 1. The third-order valence-corrected chi connectivity index (χ3v) is 19.3. The second-order valence-corrected chi connectivity index (χ2v) is 29.0. The quantitative estimate of drug-likeness (QED) is 0.0166. The molecule has 119 heavy (non-hydrogen) atoms. The Morgan fingerprint density at radius 2 is 0.966 bits per heavy atom. The molecular formula is C71H113N23O24S. The molecule has 3 rings (SSSR count). The highest BCUT2D eigenvalue weighted by atomic mass is 32.2. The first-order valence-electron chi connectivity index (χ1n) is 38.2. The van der Waals surface area contributed by atoms with Crippen molar-refractivity contribution in [2.45, 2.75) is 214 Å². The number of nitrogens with two attached hydrogens (primary N) is 7. The topological polar surface area (TPSA) is 799 Å². The molecule has 1 aromatic heterocycles. The molecule has 2 heterocycles. The second kappa shape index (κ2) is 52.7. The second-order valence-electron chi connectivity index (χ2n) is 28.0. The lowest BCUT2D eigenvalue weighted by Gasteiger charge is -2.30. The number of phenolic OH excluding ortho intramolecular Hbond substituents is 1. The molecule has 1 aliphatic rings. The van der Waals surface area contributed by atoms with Crippen LogP contribution in [0.25, 0.3) is 0 Å². The van der Waals surface area contributed by atoms with Gasteiger partial charge in [0, 0.05) is 37.8 Å². The van der Waals surface area contributed by atoms with E-state index in [1.165, 1.54) is 42.2 Å². The van der Waals surface area contributed by atoms with E-state index in [0.717, 1.165) is 11.2 Å². The van der Waals surface area contributed by atoms with Crippen molar-refractivity contribution in [3.8, 4) is 5.75 Å². The number of nitrogens with zero attached hydrogens (tertiary/aromatic N) is 3. The van der Waals surface area contributed by atoms with Crippen molar-refractivity contribution < 1.29 is 117 Å². The van der Waals surface area contributed by atoms with Gasteiger partial charge in [-0.15, -0.1) is 0 Å². The van der Waals surface area contributed by atoms with Gasteiger partial charge in [-0.05, 0) is 119 Å². The number of thioether (sulfide) groups is 1. The first-order valence-corrected chi connectivity index (χ1v) is 39.6. The molecule has 1 fully saturated rings. The molecule has 1 aromatic carbocycles. The van der Waals surface area contributed by atoms with Crippen LogP contribution < -0.4 is 104 Å². The monoisotopic (exact) mass is 1700 g/mol. The number of hydrogen-bond acceptors (Lipinski definition) is 27. The van der Waals surface area contributed by atoms with Crippen LogP contribution in [0, 0.1) is 5.92 Å². The highest BCUT2D eigenvalue weighted by Crippen LogP contribution is 2.22. The molecular weight excluding hydrogens is 1590 g/mol. The number of nitrogens with one attached hydrogen (secondary N) is 13. The number of aromatic hydroxyl groups is 1. The van der Waals surface area contributed by atoms with Gasteiger partial charge in [0.25, 0.3) is 0 Å². The van der Waals surface area contributed by atoms with Crippen LogP contribution in [-0.4, -0.2) is 294 Å². The Morgan fingerprint density at radius 3 is 1.41 bits per heavy atom. The summed E-state index contributed by atoms with van der Waals surface area (Å²) in [7, 11) is 0. The fourth-order valence-electron chi connectivity index (χ4n) is 12.0. The minimum absolute atomic E-state index is 0.0444. The molecule has 0 aliphatic carbocycles. The first kappa shape index (κ1) is 101. The zero-order chi connectivity index (χ0) is 89.2. The maximum absolute atomic E-state index is 14.6. The number of amides is 15. The molecule has 1 aliphatic heterocycles. The van der Waals surface area contributed by atoms with Crippen molar-refractivity contribution >= 4 is 124 Å². The van der Waals surface area contributed by atoms with Crippen LogP contribution in [0.4, 0.5) is 0 Å². The molecule has 33 N–H and O–H groups in total. The predicted molar refractivity (Wildman–Crippen MR) is 422 cm³/mol. The molecule has 0 saturated carbocycles. The van der Waals surface area contributed by atoms with E-state index in [9.17, 15) is 117 Å². The molecule has 15 amide bonds. The predicted octanol–water partition coefficient (Wildman–Crippen LogP) is -10.1. The van der Waals surface area contributed by atoms with E-state index in [1.54, 1.807) is 20.1 Å². The van der Waals surface area contributed by atoms with E-state index in [2.05, 4.69) is 78.8 Å². The fraction of sp³-hybridized carbons (Fsp3) is 0.606. The zero-order valence-corrected chi connectivity index (χ0v) is 66.9. The molecule has 0 spiro atoms. The third kappa shape index (κ3) is 36.3. The number of aliphatic carboxylic acids is 3. The van der Waals surface area contributed by atoms with Gasteiger partial charge < -0.3 is 144 Å². The standard InChI is InChI=1S/C71H113N23O24S/c1-4-35(2)56(93-57(104)39(74)32-95)68(115)84-41(12-6-8-21-73)58(105)82-42(13-9-22-80-71(77)78)59(106)89-47(29-54(100)101)65(112)87-45(26-37-31-79-34-81-37)62(109)88-46(27-52(75)98)63(110)90-48(30-55(102)103)64(111)86-44(25-36-15-17-38(97)18-16-36)61(108)92-50(33-96)66(113)83-40(11-5-7-20-72)60(107)91-49(28-53(76)99)69(116)94-23-10-14-51(94)67(114)85-43(70(117)118)19-24-119-3/h15-18,31,34-35,39-51,56,95-97H,4-14,19-30,32-33,72-74H2,1-3H3,(H2,75,98)(H2,76,99)(H,79,81)(H,82,105)(H,83,113)(H,84,115)(H,85,114)(H,86,111)(H,87,112)(H,88,109)(H,89,106)(H,90,110)(H,91,107)(H,92,108)(H,93,104)(H,100,101)(H,102,103)(H,117,118)(H4,77,78,80)/t35-,39-,40-,41-,42-,43-,44-,45-,46-,47-,48-,49-,50-,51-,56-/m0/s1. The summed E-state index contributed by atoms with van der Waals surface area (Å²) in [6.45, 7) is 1.35. The van der Waals surface area contributed by atoms with Crippen LogP contribution in [0.1, 0.15) is 128 Å². The highest BCUT2D eigenvalue weighted by Gasteiger charge is 2.43. The molecule has 15 atom stereocenters. The first-order chi connectivity index (χ1) is 56.3. The van der Waals surface area contributed by atoms with Gasteiger partial charge in [-0.25, -0.2) is 9.78 Å². The number of carboxylic acid groups (broad SMARTS) is 3. The van der Waals surface area contributed by atoms with Gasteiger partial charge >= 0.3 is 17.9 Å². The van der Waals surface area contributed by atoms with Crippen LogP contribution in [-0.2, 0) is 99.1 Å². The summed E-state index contributed by atoms with van der Waals surface area (Å²) in [5, 5.41) is 88.3. The number of aliphatic hydroxyl groups is 2. The number of H-pyrrole nitrogens is 1. The number of phenols is 1. The molecule has 0 bridgehead atoms. The molecule has 662 valence electrons. The van der Waals surface area contributed by atoms with E-state index in [-0.39, 0.29) is 113 Å². The van der Waals surface area contributed by atoms with E-state index >= 15 is 0 Å². The fourth-order valence-corrected chi connectivity index (χ4v) is 12.5. The lowest BCUT2D eigenvalue weighted by Crippen LogP contribution is -2.62. The average Bonchev–Trinajstić information content (AvgIpc) is 1.69. The summed E-state index contributed by atoms with van der Waals surface area (Å²) in [6, 6.07) is -19.4. The van der Waals surface area contributed by atoms with Gasteiger partial charge in [0.1, 0.15) is 90.3 Å². The summed E-state index contributed by atoms with van der Waals surface area (Å²) >= 11 is 1.33. The lowest BCUT2D eigenvalue weighted by molar-refractivity contribution is -0.145. The van der Waals surface area contributed by atoms with Crippen molar-refractivity contribution in [2.75, 3.05) is 51.4 Å². The Morgan fingerprint density at radius 1 is 0.529 bits per heavy atom. The van der Waals surface area contributed by atoms with Crippen LogP contribution >= 0.6 is 11.8 Å². The molecule has 1 saturated heterocycles. The van der Waals surface area contributed by atoms with Gasteiger partial charge in [0.05, 0.1) is 45.2 Å². The number of aliphatic hydroxyl groups excluding tert-OH is 2. The van der Waals surface area contributed by atoms with Crippen molar-refractivity contribution in [1.82, 2.24) is 78.7 Å². The number of aromatic nitrogens is 2. The van der Waals surface area contributed by atoms with Crippen LogP contribution in [0.15, 0.2) is 41.8 Å². The molecule has 0 radical (unpaired) electrons. The Bertz CT molecular complexity index is 3820. The number of aliphatic imine (C=N–C) groups is 1. The summed E-state index contributed by atoms with van der Waals surface area (Å²) < 4.78 is 0. The number of likely N-dealkylation sites (tertiary alicyclic amines) is 1. The van der Waals surface area contributed by atoms with Crippen molar-refractivity contribution in [3.63, 3.8) is 0 Å². The van der Waals surface area contributed by atoms with Crippen molar-refractivity contribution in [3.05, 3.63) is 48.0 Å². The lowest BCUT2D eigenvalue weighted by atomic mass is 9.97. The van der Waals surface area contributed by atoms with Gasteiger partial charge in [0.15, 0.2) is 5.96 Å². The molecule has 2 aromatic rings. The SMILES string of the molecule is CC[C@H](C)[C@H](NC(=O)[C@@H](N)CO)C(=O)N[C@@H](CCCCN)C(=O)N[C@@H](CCCN=C(N)N)C(=O)N[C@@H](CC(=O)O)C(=O)N[C@@H](Cc1cnc[nH]1)C(=O)N[C@@H](CC(N)=O)C(=O)N[C@@H](CC(=O)O)C(=O)N[C@@H](Cc1ccc(O)cc1)C(=O)N[C@@H](CO)C(=O)N[C@@H](CCCCN)C(=O)N[C@@H](CC(N)=O)C(=O)N1CCC[C@H]1C(=O)N[C@@H](CCSC)C(=O)O. The van der Waals surface area contributed by atoms with E-state index in [1.807, 2.05) is 0 Å². The van der Waals surface area contributed by atoms with Crippen LogP contribution in [0.5, 0.6) is 5.75 Å². The Labute approximate surface area is 687 Å². The minimum atomic E-state index is -2.27. The van der Waals surface area contributed by atoms with Gasteiger partial charge in [-0.1, -0.05) is 32.4 Å². The smallest absolute Gasteiger partial charge is 0.326 e. The number of benzene rings is 1. The number of aromatic amines is 1. The van der Waals surface area contributed by atoms with E-state index in [0.29, 0.717) is 18.6 Å². The van der Waals surface area contributed by atoms with E-state index in [4.69, 9.17) is 40.1 Å². The summed E-state index contributed by atoms with van der Waals surface area (Å²) in [5.41, 5.74) is 39.5. The summed E-state index contributed by atoms with van der Waals surface area (Å²) in [5.74, 6) is -23.3. The van der Waals surface area contributed by atoms with E-state index < -0.39 is 249 Å². The number of unbranched alkanes of at least 4 members (excludes halogenated alkanes) is 2. The Kier molecular flexibility index (Phi) is 44.9. The number of carbonyl (C=O) groups excluding carboxylic acids is 15. The number of guanidine groups is 1.